The Labute approximate surface area is 98.3 Å². The number of ketones is 1. The van der Waals surface area contributed by atoms with Crippen LogP contribution in [0.15, 0.2) is 37.0 Å². The largest absolute Gasteiger partial charge is 0.300 e. The maximum Gasteiger partial charge on any atom is 0.133 e. The first-order valence-electron chi connectivity index (χ1n) is 5.71. The summed E-state index contributed by atoms with van der Waals surface area (Å²) in [4.78, 5) is 13.6. The first-order chi connectivity index (χ1) is 7.56. The van der Waals surface area contributed by atoms with Gasteiger partial charge >= 0.3 is 0 Å². The second-order valence-electron chi connectivity index (χ2n) is 4.53. The molecule has 88 valence electrons. The van der Waals surface area contributed by atoms with Gasteiger partial charge in [-0.15, -0.1) is 0 Å². The smallest absolute Gasteiger partial charge is 0.133 e. The molecule has 0 N–H and O–H groups in total. The molecule has 0 atom stereocenters. The Morgan fingerprint density at radius 1 is 1.31 bits per heavy atom. The fourth-order valence-corrected chi connectivity index (χ4v) is 2.48. The Balaban J connectivity index is 3.05. The van der Waals surface area contributed by atoms with Crippen LogP contribution in [0, 0.1) is 0 Å². The van der Waals surface area contributed by atoms with E-state index in [9.17, 15) is 4.79 Å². The standard InChI is InChI=1S/C14H21NO/c1-5-7-12(6-2)14(15(3)4)10-8-13(16)9-11-14/h5-7H,1-2,8-11H2,3-4H3/b12-7+. The van der Waals surface area contributed by atoms with Crippen LogP contribution in [0.25, 0.3) is 0 Å². The SMILES string of the molecule is C=C/C=C(\C=C)C1(N(C)C)CCC(=O)CC1. The average Bonchev–Trinajstić information content (AvgIpc) is 2.27. The lowest BCUT2D eigenvalue weighted by atomic mass is 9.74. The van der Waals surface area contributed by atoms with Crippen molar-refractivity contribution in [2.24, 2.45) is 0 Å². The summed E-state index contributed by atoms with van der Waals surface area (Å²) in [5.41, 5.74) is 1.13. The third-order valence-corrected chi connectivity index (χ3v) is 3.55. The zero-order chi connectivity index (χ0) is 12.2. The predicted octanol–water partition coefficient (Wildman–Crippen LogP) is 2.73. The minimum absolute atomic E-state index is 0.0378. The second kappa shape index (κ2) is 5.26. The van der Waals surface area contributed by atoms with E-state index in [1.54, 1.807) is 6.08 Å². The van der Waals surface area contributed by atoms with Crippen molar-refractivity contribution in [1.29, 1.82) is 0 Å². The molecule has 0 amide bonds. The third-order valence-electron chi connectivity index (χ3n) is 3.55. The van der Waals surface area contributed by atoms with Crippen LogP contribution in [0.2, 0.25) is 0 Å². The number of carbonyl (C=O) groups excluding carboxylic acids is 1. The highest BCUT2D eigenvalue weighted by molar-refractivity contribution is 5.79. The molecule has 1 saturated carbocycles. The number of hydrogen-bond acceptors (Lipinski definition) is 2. The quantitative estimate of drug-likeness (QED) is 0.678. The minimum atomic E-state index is -0.0378. The van der Waals surface area contributed by atoms with Gasteiger partial charge in [-0.05, 0) is 32.5 Å². The Morgan fingerprint density at radius 2 is 1.88 bits per heavy atom. The van der Waals surface area contributed by atoms with Gasteiger partial charge in [0.15, 0.2) is 0 Å². The van der Waals surface area contributed by atoms with Gasteiger partial charge in [-0.3, -0.25) is 9.69 Å². The van der Waals surface area contributed by atoms with E-state index in [1.807, 2.05) is 12.2 Å². The van der Waals surface area contributed by atoms with Crippen LogP contribution in [0.4, 0.5) is 0 Å². The van der Waals surface area contributed by atoms with Crippen LogP contribution in [-0.2, 0) is 4.79 Å². The number of likely N-dealkylation sites (N-methyl/N-ethyl adjacent to an activating group) is 1. The molecule has 1 rings (SSSR count). The van der Waals surface area contributed by atoms with Crippen LogP contribution < -0.4 is 0 Å². The number of nitrogens with zero attached hydrogens (tertiary/aromatic N) is 1. The third kappa shape index (κ3) is 2.33. The van der Waals surface area contributed by atoms with Gasteiger partial charge in [0, 0.05) is 18.4 Å². The highest BCUT2D eigenvalue weighted by Crippen LogP contribution is 2.37. The molecule has 0 bridgehead atoms. The summed E-state index contributed by atoms with van der Waals surface area (Å²) in [7, 11) is 4.13. The molecule has 0 aromatic rings. The van der Waals surface area contributed by atoms with Crippen molar-refractivity contribution < 1.29 is 4.79 Å². The molecule has 0 spiro atoms. The molecule has 0 aromatic carbocycles. The molecule has 2 nitrogen and oxygen atoms in total. The van der Waals surface area contributed by atoms with Gasteiger partial charge in [0.2, 0.25) is 0 Å². The van der Waals surface area contributed by atoms with Crippen LogP contribution in [-0.4, -0.2) is 30.3 Å². The maximum absolute atomic E-state index is 11.4. The van der Waals surface area contributed by atoms with Crippen LogP contribution in [0.3, 0.4) is 0 Å². The van der Waals surface area contributed by atoms with Crippen molar-refractivity contribution in [2.45, 2.75) is 31.2 Å². The van der Waals surface area contributed by atoms with Crippen molar-refractivity contribution >= 4 is 5.78 Å². The predicted molar refractivity (Wildman–Crippen MR) is 68.4 cm³/mol. The molecule has 0 heterocycles. The van der Waals surface area contributed by atoms with Gasteiger partial charge in [-0.2, -0.15) is 0 Å². The van der Waals surface area contributed by atoms with Gasteiger partial charge in [-0.25, -0.2) is 0 Å². The van der Waals surface area contributed by atoms with Crippen LogP contribution >= 0.6 is 0 Å². The summed E-state index contributed by atoms with van der Waals surface area (Å²) in [6.07, 6.45) is 8.77. The van der Waals surface area contributed by atoms with Gasteiger partial charge < -0.3 is 0 Å². The summed E-state index contributed by atoms with van der Waals surface area (Å²) in [6.45, 7) is 7.61. The van der Waals surface area contributed by atoms with Gasteiger partial charge in [0.1, 0.15) is 5.78 Å². The first-order valence-corrected chi connectivity index (χ1v) is 5.71. The van der Waals surface area contributed by atoms with E-state index in [0.717, 1.165) is 12.8 Å². The van der Waals surface area contributed by atoms with E-state index in [0.29, 0.717) is 18.6 Å². The Morgan fingerprint density at radius 3 is 2.25 bits per heavy atom. The van der Waals surface area contributed by atoms with E-state index in [-0.39, 0.29) is 5.54 Å². The molecule has 1 aliphatic rings. The highest BCUT2D eigenvalue weighted by atomic mass is 16.1. The zero-order valence-corrected chi connectivity index (χ0v) is 10.3. The van der Waals surface area contributed by atoms with E-state index in [4.69, 9.17) is 0 Å². The van der Waals surface area contributed by atoms with E-state index < -0.39 is 0 Å². The van der Waals surface area contributed by atoms with Crippen molar-refractivity contribution in [2.75, 3.05) is 14.1 Å². The summed E-state index contributed by atoms with van der Waals surface area (Å²) in [5.74, 6) is 0.375. The van der Waals surface area contributed by atoms with Crippen LogP contribution in [0.1, 0.15) is 25.7 Å². The molecule has 1 aliphatic carbocycles. The molecular weight excluding hydrogens is 198 g/mol. The highest BCUT2D eigenvalue weighted by Gasteiger charge is 2.38. The summed E-state index contributed by atoms with van der Waals surface area (Å²) in [5, 5.41) is 0. The second-order valence-corrected chi connectivity index (χ2v) is 4.53. The lowest BCUT2D eigenvalue weighted by Gasteiger charge is -2.43. The van der Waals surface area contributed by atoms with Gasteiger partial charge in [0.25, 0.3) is 0 Å². The number of Topliss-reactive ketones (excluding diaryl/α,β-unsaturated/α-hetero) is 1. The fourth-order valence-electron chi connectivity index (χ4n) is 2.48. The number of rotatable bonds is 4. The molecule has 0 unspecified atom stereocenters. The fraction of sp³-hybridized carbons (Fsp3) is 0.500. The normalized spacial score (nSPS) is 20.9. The Hall–Kier alpha value is -1.15. The summed E-state index contributed by atoms with van der Waals surface area (Å²) < 4.78 is 0. The lowest BCUT2D eigenvalue weighted by Crippen LogP contribution is -2.48. The molecule has 0 radical (unpaired) electrons. The molecule has 0 aromatic heterocycles. The number of allylic oxidation sites excluding steroid dienone is 2. The summed E-state index contributed by atoms with van der Waals surface area (Å²) in [6, 6.07) is 0. The first kappa shape index (κ1) is 12.9. The van der Waals surface area contributed by atoms with Crippen LogP contribution in [0.5, 0.6) is 0 Å². The minimum Gasteiger partial charge on any atom is -0.300 e. The van der Waals surface area contributed by atoms with Crippen molar-refractivity contribution in [3.05, 3.63) is 37.0 Å². The van der Waals surface area contributed by atoms with E-state index in [2.05, 4.69) is 32.2 Å². The Kier molecular flexibility index (Phi) is 4.25. The molecule has 2 heteroatoms. The van der Waals surface area contributed by atoms with E-state index >= 15 is 0 Å². The summed E-state index contributed by atoms with van der Waals surface area (Å²) >= 11 is 0. The average molecular weight is 219 g/mol. The topological polar surface area (TPSA) is 20.3 Å². The number of hydrogen-bond donors (Lipinski definition) is 0. The zero-order valence-electron chi connectivity index (χ0n) is 10.3. The Bertz CT molecular complexity index is 316. The molecule has 1 fully saturated rings. The van der Waals surface area contributed by atoms with E-state index in [1.165, 1.54) is 5.57 Å². The molecule has 16 heavy (non-hydrogen) atoms. The monoisotopic (exact) mass is 219 g/mol. The van der Waals surface area contributed by atoms with Crippen molar-refractivity contribution in [3.8, 4) is 0 Å². The lowest BCUT2D eigenvalue weighted by molar-refractivity contribution is -0.122. The molecular formula is C14H21NO. The number of carbonyl (C=O) groups is 1. The van der Waals surface area contributed by atoms with Crippen molar-refractivity contribution in [3.63, 3.8) is 0 Å². The van der Waals surface area contributed by atoms with Gasteiger partial charge in [0.05, 0.1) is 0 Å². The van der Waals surface area contributed by atoms with Crippen molar-refractivity contribution in [1.82, 2.24) is 4.90 Å². The van der Waals surface area contributed by atoms with Gasteiger partial charge in [-0.1, -0.05) is 31.4 Å². The maximum atomic E-state index is 11.4. The molecule has 0 aliphatic heterocycles. The molecule has 0 saturated heterocycles.